The monoisotopic (exact) mass is 263 g/mol. The van der Waals surface area contributed by atoms with E-state index in [0.29, 0.717) is 6.54 Å². The molecule has 2 nitrogen and oxygen atoms in total. The molecule has 0 aliphatic heterocycles. The van der Waals surface area contributed by atoms with Crippen molar-refractivity contribution in [2.45, 2.75) is 12.6 Å². The molecule has 1 unspecified atom stereocenters. The molecule has 19 heavy (non-hydrogen) atoms. The van der Waals surface area contributed by atoms with E-state index in [4.69, 9.17) is 0 Å². The summed E-state index contributed by atoms with van der Waals surface area (Å²) in [5, 5.41) is 12.3. The molecule has 4 heteroatoms. The first-order valence-corrected chi connectivity index (χ1v) is 6.04. The first kappa shape index (κ1) is 13.6. The summed E-state index contributed by atoms with van der Waals surface area (Å²) in [4.78, 5) is 0. The lowest BCUT2D eigenvalue weighted by Gasteiger charge is -2.17. The van der Waals surface area contributed by atoms with Crippen molar-refractivity contribution in [3.8, 4) is 0 Å². The van der Waals surface area contributed by atoms with Crippen molar-refractivity contribution in [2.24, 2.45) is 0 Å². The molecule has 0 heterocycles. The van der Waals surface area contributed by atoms with E-state index in [0.717, 1.165) is 11.6 Å². The molecule has 2 aromatic rings. The van der Waals surface area contributed by atoms with Crippen LogP contribution in [0.15, 0.2) is 48.5 Å². The van der Waals surface area contributed by atoms with Crippen LogP contribution >= 0.6 is 0 Å². The van der Waals surface area contributed by atoms with Crippen LogP contribution in [-0.2, 0) is 6.54 Å². The normalized spacial score (nSPS) is 12.4. The molecule has 0 aliphatic carbocycles. The van der Waals surface area contributed by atoms with Gasteiger partial charge in [-0.05, 0) is 11.6 Å². The van der Waals surface area contributed by atoms with Gasteiger partial charge in [-0.15, -0.1) is 0 Å². The molecule has 2 N–H and O–H groups in total. The van der Waals surface area contributed by atoms with Gasteiger partial charge < -0.3 is 10.4 Å². The Hall–Kier alpha value is -1.78. The fourth-order valence-electron chi connectivity index (χ4n) is 1.90. The van der Waals surface area contributed by atoms with Gasteiger partial charge in [0.1, 0.15) is 0 Å². The highest BCUT2D eigenvalue weighted by Crippen LogP contribution is 2.19. The van der Waals surface area contributed by atoms with Crippen LogP contribution in [0.3, 0.4) is 0 Å². The molecule has 0 bridgehead atoms. The first-order chi connectivity index (χ1) is 9.22. The second kappa shape index (κ2) is 6.41. The smallest absolute Gasteiger partial charge is 0.163 e. The highest BCUT2D eigenvalue weighted by molar-refractivity contribution is 5.23. The lowest BCUT2D eigenvalue weighted by Crippen LogP contribution is -2.25. The predicted molar refractivity (Wildman–Crippen MR) is 69.5 cm³/mol. The zero-order valence-corrected chi connectivity index (χ0v) is 10.3. The van der Waals surface area contributed by atoms with Gasteiger partial charge in [0, 0.05) is 12.1 Å². The van der Waals surface area contributed by atoms with Crippen LogP contribution in [0, 0.1) is 11.6 Å². The molecule has 0 amide bonds. The van der Waals surface area contributed by atoms with Crippen LogP contribution in [0.25, 0.3) is 0 Å². The molecule has 0 fully saturated rings. The number of aliphatic hydroxyl groups is 1. The van der Waals surface area contributed by atoms with E-state index in [-0.39, 0.29) is 12.2 Å². The van der Waals surface area contributed by atoms with E-state index in [1.165, 1.54) is 12.1 Å². The van der Waals surface area contributed by atoms with Crippen LogP contribution in [0.2, 0.25) is 0 Å². The average molecular weight is 263 g/mol. The average Bonchev–Trinajstić information content (AvgIpc) is 2.45. The highest BCUT2D eigenvalue weighted by atomic mass is 19.2. The van der Waals surface area contributed by atoms with Crippen molar-refractivity contribution in [3.05, 3.63) is 71.3 Å². The maximum absolute atomic E-state index is 13.6. The molecule has 2 rings (SSSR count). The Morgan fingerprint density at radius 2 is 1.74 bits per heavy atom. The van der Waals surface area contributed by atoms with Gasteiger partial charge in [0.15, 0.2) is 11.6 Å². The molecule has 1 atom stereocenters. The Morgan fingerprint density at radius 3 is 2.42 bits per heavy atom. The van der Waals surface area contributed by atoms with Crippen LogP contribution in [0.5, 0.6) is 0 Å². The second-order valence-corrected chi connectivity index (χ2v) is 4.24. The molecule has 100 valence electrons. The van der Waals surface area contributed by atoms with E-state index >= 15 is 0 Å². The van der Waals surface area contributed by atoms with Crippen LogP contribution in [0.1, 0.15) is 17.2 Å². The molecular formula is C15H15F2NO. The highest BCUT2D eigenvalue weighted by Gasteiger charge is 2.16. The van der Waals surface area contributed by atoms with E-state index in [1.807, 2.05) is 30.3 Å². The van der Waals surface area contributed by atoms with E-state index in [9.17, 15) is 13.9 Å². The third-order valence-electron chi connectivity index (χ3n) is 2.93. The maximum Gasteiger partial charge on any atom is 0.163 e. The lowest BCUT2D eigenvalue weighted by atomic mass is 10.1. The molecule has 0 saturated carbocycles. The minimum Gasteiger partial charge on any atom is -0.394 e. The fraction of sp³-hybridized carbons (Fsp3) is 0.200. The molecule has 0 aromatic heterocycles. The zero-order chi connectivity index (χ0) is 13.7. The van der Waals surface area contributed by atoms with Crippen LogP contribution in [0.4, 0.5) is 8.78 Å². The molecular weight excluding hydrogens is 248 g/mol. The number of hydrogen-bond donors (Lipinski definition) is 2. The van der Waals surface area contributed by atoms with Gasteiger partial charge in [0.25, 0.3) is 0 Å². The molecule has 0 spiro atoms. The number of hydrogen-bond acceptors (Lipinski definition) is 2. The minimum absolute atomic E-state index is 0.137. The Morgan fingerprint density at radius 1 is 1.00 bits per heavy atom. The Kier molecular flexibility index (Phi) is 4.60. The van der Waals surface area contributed by atoms with Crippen LogP contribution in [-0.4, -0.2) is 11.7 Å². The SMILES string of the molecule is OCC(NCc1ccccc1)c1cccc(F)c1F. The number of aliphatic hydroxyl groups excluding tert-OH is 1. The van der Waals surface area contributed by atoms with Gasteiger partial charge in [0.2, 0.25) is 0 Å². The topological polar surface area (TPSA) is 32.3 Å². The zero-order valence-electron chi connectivity index (χ0n) is 10.3. The van der Waals surface area contributed by atoms with Gasteiger partial charge in [-0.25, -0.2) is 8.78 Å². The summed E-state index contributed by atoms with van der Waals surface area (Å²) in [7, 11) is 0. The maximum atomic E-state index is 13.6. The van der Waals surface area contributed by atoms with E-state index in [2.05, 4.69) is 5.32 Å². The Labute approximate surface area is 110 Å². The molecule has 0 radical (unpaired) electrons. The molecule has 0 saturated heterocycles. The van der Waals surface area contributed by atoms with Crippen molar-refractivity contribution >= 4 is 0 Å². The third kappa shape index (κ3) is 3.36. The summed E-state index contributed by atoms with van der Waals surface area (Å²) in [6, 6.07) is 12.9. The number of rotatable bonds is 5. The molecule has 0 aliphatic rings. The summed E-state index contributed by atoms with van der Waals surface area (Å²) < 4.78 is 26.8. The largest absolute Gasteiger partial charge is 0.394 e. The first-order valence-electron chi connectivity index (χ1n) is 6.04. The van der Waals surface area contributed by atoms with Crippen molar-refractivity contribution < 1.29 is 13.9 Å². The summed E-state index contributed by atoms with van der Waals surface area (Å²) in [5.74, 6) is -1.82. The van der Waals surface area contributed by atoms with Crippen molar-refractivity contribution in [1.82, 2.24) is 5.32 Å². The number of benzene rings is 2. The predicted octanol–water partition coefficient (Wildman–Crippen LogP) is 2.79. The van der Waals surface area contributed by atoms with Gasteiger partial charge in [0.05, 0.1) is 12.6 Å². The van der Waals surface area contributed by atoms with Gasteiger partial charge in [-0.3, -0.25) is 0 Å². The van der Waals surface area contributed by atoms with E-state index in [1.54, 1.807) is 0 Å². The fourth-order valence-corrected chi connectivity index (χ4v) is 1.90. The second-order valence-electron chi connectivity index (χ2n) is 4.24. The quantitative estimate of drug-likeness (QED) is 0.869. The molecule has 2 aromatic carbocycles. The van der Waals surface area contributed by atoms with Gasteiger partial charge >= 0.3 is 0 Å². The summed E-state index contributed by atoms with van der Waals surface area (Å²) in [6.45, 7) is 0.176. The Balaban J connectivity index is 2.10. The summed E-state index contributed by atoms with van der Waals surface area (Å²) in [6.07, 6.45) is 0. The van der Waals surface area contributed by atoms with Gasteiger partial charge in [-0.1, -0.05) is 42.5 Å². The Bertz CT molecular complexity index is 531. The lowest BCUT2D eigenvalue weighted by molar-refractivity contribution is 0.239. The van der Waals surface area contributed by atoms with E-state index < -0.39 is 17.7 Å². The number of halogens is 2. The standard InChI is InChI=1S/C15H15F2NO/c16-13-8-4-7-12(15(13)17)14(10-19)18-9-11-5-2-1-3-6-11/h1-8,14,18-19H,9-10H2. The number of nitrogens with one attached hydrogen (secondary N) is 1. The third-order valence-corrected chi connectivity index (χ3v) is 2.93. The minimum atomic E-state index is -0.915. The van der Waals surface area contributed by atoms with Crippen molar-refractivity contribution in [3.63, 3.8) is 0 Å². The van der Waals surface area contributed by atoms with Crippen molar-refractivity contribution in [2.75, 3.05) is 6.61 Å². The van der Waals surface area contributed by atoms with Gasteiger partial charge in [-0.2, -0.15) is 0 Å². The summed E-state index contributed by atoms with van der Waals surface area (Å²) in [5.41, 5.74) is 1.15. The summed E-state index contributed by atoms with van der Waals surface area (Å²) >= 11 is 0. The van der Waals surface area contributed by atoms with Crippen LogP contribution < -0.4 is 5.32 Å². The van der Waals surface area contributed by atoms with Crippen molar-refractivity contribution in [1.29, 1.82) is 0 Å².